The van der Waals surface area contributed by atoms with Crippen LogP contribution in [-0.2, 0) is 11.3 Å². The second-order valence-electron chi connectivity index (χ2n) is 4.38. The third-order valence-electron chi connectivity index (χ3n) is 3.00. The molecule has 0 bridgehead atoms. The Hall–Kier alpha value is -0.670. The topological polar surface area (TPSA) is 20.3 Å². The molecule has 1 aromatic heterocycles. The Morgan fingerprint density at radius 3 is 3.07 bits per heavy atom. The van der Waals surface area contributed by atoms with Gasteiger partial charge in [-0.15, -0.1) is 0 Å². The van der Waals surface area contributed by atoms with E-state index in [0.29, 0.717) is 11.7 Å². The molecule has 0 aliphatic heterocycles. The van der Waals surface area contributed by atoms with E-state index >= 15 is 0 Å². The van der Waals surface area contributed by atoms with E-state index in [1.54, 1.807) is 11.3 Å². The van der Waals surface area contributed by atoms with E-state index in [2.05, 4.69) is 28.8 Å². The number of carbonyl (C=O) groups is 1. The van der Waals surface area contributed by atoms with Gasteiger partial charge in [0.15, 0.2) is 0 Å². The van der Waals surface area contributed by atoms with Crippen molar-refractivity contribution >= 4 is 17.1 Å². The number of hydrogen-bond acceptors (Lipinski definition) is 3. The Morgan fingerprint density at radius 2 is 2.47 bits per heavy atom. The average molecular weight is 223 g/mol. The van der Waals surface area contributed by atoms with Crippen molar-refractivity contribution < 1.29 is 4.79 Å². The van der Waals surface area contributed by atoms with Crippen molar-refractivity contribution in [2.24, 2.45) is 5.92 Å². The van der Waals surface area contributed by atoms with E-state index in [0.717, 1.165) is 32.4 Å². The lowest BCUT2D eigenvalue weighted by molar-refractivity contribution is -0.121. The second-order valence-corrected chi connectivity index (χ2v) is 5.16. The zero-order valence-electron chi connectivity index (χ0n) is 9.11. The van der Waals surface area contributed by atoms with Crippen LogP contribution < -0.4 is 0 Å². The minimum absolute atomic E-state index is 0.300. The van der Waals surface area contributed by atoms with Gasteiger partial charge in [0.05, 0.1) is 0 Å². The summed E-state index contributed by atoms with van der Waals surface area (Å²) in [6.07, 6.45) is 2.99. The Bertz CT molecular complexity index is 320. The van der Waals surface area contributed by atoms with Crippen LogP contribution in [-0.4, -0.2) is 24.3 Å². The number of ketones is 1. The van der Waals surface area contributed by atoms with E-state index in [1.807, 2.05) is 0 Å². The van der Waals surface area contributed by atoms with Crippen LogP contribution in [0.3, 0.4) is 0 Å². The SMILES string of the molecule is CN(Cc1ccsc1)CC1CCCC1=O. The third kappa shape index (κ3) is 2.89. The molecule has 1 aromatic rings. The molecule has 1 atom stereocenters. The summed E-state index contributed by atoms with van der Waals surface area (Å²) in [5.74, 6) is 0.765. The Morgan fingerprint density at radius 1 is 1.60 bits per heavy atom. The summed E-state index contributed by atoms with van der Waals surface area (Å²) in [6, 6.07) is 2.15. The lowest BCUT2D eigenvalue weighted by atomic mass is 10.1. The number of rotatable bonds is 4. The third-order valence-corrected chi connectivity index (χ3v) is 3.73. The summed E-state index contributed by atoms with van der Waals surface area (Å²) < 4.78 is 0. The first kappa shape index (κ1) is 10.8. The van der Waals surface area contributed by atoms with Crippen LogP contribution in [0.4, 0.5) is 0 Å². The highest BCUT2D eigenvalue weighted by Gasteiger charge is 2.25. The summed E-state index contributed by atoms with van der Waals surface area (Å²) in [6.45, 7) is 1.89. The van der Waals surface area contributed by atoms with E-state index < -0.39 is 0 Å². The van der Waals surface area contributed by atoms with Gasteiger partial charge in [0.2, 0.25) is 0 Å². The van der Waals surface area contributed by atoms with Crippen LogP contribution in [0.1, 0.15) is 24.8 Å². The molecule has 0 amide bonds. The predicted molar refractivity (Wildman–Crippen MR) is 63.0 cm³/mol. The zero-order chi connectivity index (χ0) is 10.7. The van der Waals surface area contributed by atoms with Crippen LogP contribution in [0.25, 0.3) is 0 Å². The molecule has 1 fully saturated rings. The maximum absolute atomic E-state index is 11.5. The van der Waals surface area contributed by atoms with Gasteiger partial charge in [-0.25, -0.2) is 0 Å². The fourth-order valence-corrected chi connectivity index (χ4v) is 2.88. The van der Waals surface area contributed by atoms with Gasteiger partial charge in [-0.05, 0) is 42.3 Å². The Balaban J connectivity index is 1.82. The van der Waals surface area contributed by atoms with Crippen LogP contribution in [0.5, 0.6) is 0 Å². The Labute approximate surface area is 94.9 Å². The molecule has 1 heterocycles. The van der Waals surface area contributed by atoms with Crippen molar-refractivity contribution in [1.29, 1.82) is 0 Å². The highest BCUT2D eigenvalue weighted by Crippen LogP contribution is 2.22. The normalized spacial score (nSPS) is 21.5. The fraction of sp³-hybridized carbons (Fsp3) is 0.583. The van der Waals surface area contributed by atoms with Crippen molar-refractivity contribution in [1.82, 2.24) is 4.90 Å². The van der Waals surface area contributed by atoms with Gasteiger partial charge in [0, 0.05) is 25.4 Å². The van der Waals surface area contributed by atoms with Crippen molar-refractivity contribution in [3.05, 3.63) is 22.4 Å². The second kappa shape index (κ2) is 4.90. The molecular weight excluding hydrogens is 206 g/mol. The van der Waals surface area contributed by atoms with Crippen LogP contribution in [0.15, 0.2) is 16.8 Å². The minimum atomic E-state index is 0.300. The largest absolute Gasteiger partial charge is 0.301 e. The van der Waals surface area contributed by atoms with Crippen molar-refractivity contribution in [3.63, 3.8) is 0 Å². The maximum Gasteiger partial charge on any atom is 0.137 e. The molecule has 15 heavy (non-hydrogen) atoms. The molecule has 1 saturated carbocycles. The Kier molecular flexibility index (Phi) is 3.54. The molecule has 0 spiro atoms. The molecule has 3 heteroatoms. The lowest BCUT2D eigenvalue weighted by Crippen LogP contribution is -2.27. The molecule has 1 aliphatic carbocycles. The quantitative estimate of drug-likeness (QED) is 0.782. The summed E-state index contributed by atoms with van der Waals surface area (Å²) in [5, 5.41) is 4.27. The van der Waals surface area contributed by atoms with E-state index in [4.69, 9.17) is 0 Å². The number of nitrogens with zero attached hydrogens (tertiary/aromatic N) is 1. The van der Waals surface area contributed by atoms with Gasteiger partial charge < -0.3 is 4.90 Å². The molecule has 82 valence electrons. The first-order chi connectivity index (χ1) is 7.25. The molecule has 2 rings (SSSR count). The standard InChI is InChI=1S/C12H17NOS/c1-13(7-10-5-6-15-9-10)8-11-3-2-4-12(11)14/h5-6,9,11H,2-4,7-8H2,1H3. The van der Waals surface area contributed by atoms with Gasteiger partial charge in [-0.2, -0.15) is 11.3 Å². The fourth-order valence-electron chi connectivity index (χ4n) is 2.22. The number of thiophene rings is 1. The molecule has 0 aromatic carbocycles. The monoisotopic (exact) mass is 223 g/mol. The molecule has 0 radical (unpaired) electrons. The smallest absolute Gasteiger partial charge is 0.137 e. The van der Waals surface area contributed by atoms with Crippen LogP contribution >= 0.6 is 11.3 Å². The maximum atomic E-state index is 11.5. The summed E-state index contributed by atoms with van der Waals surface area (Å²) in [7, 11) is 2.10. The van der Waals surface area contributed by atoms with E-state index in [1.165, 1.54) is 5.56 Å². The van der Waals surface area contributed by atoms with E-state index in [9.17, 15) is 4.79 Å². The van der Waals surface area contributed by atoms with Crippen molar-refractivity contribution in [2.45, 2.75) is 25.8 Å². The number of carbonyl (C=O) groups excluding carboxylic acids is 1. The predicted octanol–water partition coefficient (Wildman–Crippen LogP) is 2.55. The first-order valence-corrected chi connectivity index (χ1v) is 6.42. The van der Waals surface area contributed by atoms with Gasteiger partial charge >= 0.3 is 0 Å². The van der Waals surface area contributed by atoms with Gasteiger partial charge in [-0.1, -0.05) is 0 Å². The average Bonchev–Trinajstić information content (AvgIpc) is 2.79. The molecular formula is C12H17NOS. The first-order valence-electron chi connectivity index (χ1n) is 5.48. The summed E-state index contributed by atoms with van der Waals surface area (Å²) >= 11 is 1.73. The van der Waals surface area contributed by atoms with E-state index in [-0.39, 0.29) is 0 Å². The highest BCUT2D eigenvalue weighted by atomic mass is 32.1. The summed E-state index contributed by atoms with van der Waals surface area (Å²) in [4.78, 5) is 13.7. The van der Waals surface area contributed by atoms with Crippen LogP contribution in [0, 0.1) is 5.92 Å². The number of hydrogen-bond donors (Lipinski definition) is 0. The van der Waals surface area contributed by atoms with Gasteiger partial charge in [0.25, 0.3) is 0 Å². The molecule has 0 N–H and O–H groups in total. The summed E-state index contributed by atoms with van der Waals surface area (Å²) in [5.41, 5.74) is 1.35. The lowest BCUT2D eigenvalue weighted by Gasteiger charge is -2.19. The van der Waals surface area contributed by atoms with Gasteiger partial charge in [0.1, 0.15) is 5.78 Å². The molecule has 1 unspecified atom stereocenters. The molecule has 0 saturated heterocycles. The van der Waals surface area contributed by atoms with Crippen molar-refractivity contribution in [2.75, 3.05) is 13.6 Å². The zero-order valence-corrected chi connectivity index (χ0v) is 9.93. The highest BCUT2D eigenvalue weighted by molar-refractivity contribution is 7.07. The minimum Gasteiger partial charge on any atom is -0.301 e. The molecule has 2 nitrogen and oxygen atoms in total. The van der Waals surface area contributed by atoms with Crippen LogP contribution in [0.2, 0.25) is 0 Å². The molecule has 1 aliphatic rings. The number of Topliss-reactive ketones (excluding diaryl/α,β-unsaturated/α-hetero) is 1. The van der Waals surface area contributed by atoms with Gasteiger partial charge in [-0.3, -0.25) is 4.79 Å². The van der Waals surface area contributed by atoms with Crippen molar-refractivity contribution in [3.8, 4) is 0 Å².